The predicted octanol–water partition coefficient (Wildman–Crippen LogP) is 1.44. The number of sulfonamides is 1. The fraction of sp³-hybridized carbons (Fsp3) is 0.308. The van der Waals surface area contributed by atoms with E-state index in [9.17, 15) is 8.42 Å². The monoisotopic (exact) mass is 295 g/mol. The highest BCUT2D eigenvalue weighted by molar-refractivity contribution is 7.89. The first-order valence-electron chi connectivity index (χ1n) is 6.17. The van der Waals surface area contributed by atoms with Crippen LogP contribution in [-0.4, -0.2) is 18.0 Å². The van der Waals surface area contributed by atoms with Gasteiger partial charge in [-0.3, -0.25) is 0 Å². The summed E-state index contributed by atoms with van der Waals surface area (Å²) in [6, 6.07) is 4.55. The van der Waals surface area contributed by atoms with E-state index in [1.54, 1.807) is 25.5 Å². The number of aromatic nitrogens is 2. The molecule has 7 heteroatoms. The molecule has 6 nitrogen and oxygen atoms in total. The van der Waals surface area contributed by atoms with Crippen molar-refractivity contribution in [3.05, 3.63) is 42.0 Å². The molecule has 0 atom stereocenters. The SMILES string of the molecule is CCn1cncc1COc1ccc(S(N)(=O)=O)cc1C. The molecule has 0 bridgehead atoms. The van der Waals surface area contributed by atoms with Gasteiger partial charge in [0.05, 0.1) is 23.1 Å². The van der Waals surface area contributed by atoms with E-state index in [0.717, 1.165) is 17.8 Å². The van der Waals surface area contributed by atoms with Crippen LogP contribution in [0.5, 0.6) is 5.75 Å². The Morgan fingerprint density at radius 2 is 2.15 bits per heavy atom. The lowest BCUT2D eigenvalue weighted by atomic mass is 10.2. The molecular weight excluding hydrogens is 278 g/mol. The number of imidazole rings is 1. The quantitative estimate of drug-likeness (QED) is 0.904. The van der Waals surface area contributed by atoms with Crippen LogP contribution in [0.2, 0.25) is 0 Å². The molecule has 0 spiro atoms. The number of primary sulfonamides is 1. The van der Waals surface area contributed by atoms with Crippen LogP contribution in [0.3, 0.4) is 0 Å². The Kier molecular flexibility index (Phi) is 4.10. The van der Waals surface area contributed by atoms with Gasteiger partial charge in [0.1, 0.15) is 12.4 Å². The number of nitrogens with two attached hydrogens (primary N) is 1. The van der Waals surface area contributed by atoms with Crippen molar-refractivity contribution in [3.63, 3.8) is 0 Å². The molecule has 108 valence electrons. The van der Waals surface area contributed by atoms with E-state index in [1.165, 1.54) is 12.1 Å². The Morgan fingerprint density at radius 1 is 1.40 bits per heavy atom. The highest BCUT2D eigenvalue weighted by Crippen LogP contribution is 2.22. The Hall–Kier alpha value is -1.86. The zero-order valence-corrected chi connectivity index (χ0v) is 12.2. The molecule has 0 radical (unpaired) electrons. The number of ether oxygens (including phenoxy) is 1. The first-order chi connectivity index (χ1) is 9.41. The summed E-state index contributed by atoms with van der Waals surface area (Å²) in [7, 11) is -3.68. The lowest BCUT2D eigenvalue weighted by Gasteiger charge is -2.11. The summed E-state index contributed by atoms with van der Waals surface area (Å²) in [6.45, 7) is 5.00. The summed E-state index contributed by atoms with van der Waals surface area (Å²) in [5.74, 6) is 0.626. The molecule has 0 aliphatic rings. The molecule has 1 aromatic heterocycles. The van der Waals surface area contributed by atoms with Gasteiger partial charge in [0.15, 0.2) is 0 Å². The van der Waals surface area contributed by atoms with Gasteiger partial charge in [-0.05, 0) is 37.6 Å². The fourth-order valence-corrected chi connectivity index (χ4v) is 2.46. The van der Waals surface area contributed by atoms with E-state index in [1.807, 2.05) is 11.5 Å². The molecule has 0 aliphatic carbocycles. The molecule has 0 saturated carbocycles. The molecule has 0 fully saturated rings. The molecule has 2 aromatic rings. The highest BCUT2D eigenvalue weighted by Gasteiger charge is 2.10. The summed E-state index contributed by atoms with van der Waals surface area (Å²) < 4.78 is 30.2. The molecule has 0 aliphatic heterocycles. The van der Waals surface area contributed by atoms with Gasteiger partial charge in [-0.2, -0.15) is 0 Å². The molecule has 0 saturated heterocycles. The van der Waals surface area contributed by atoms with Crippen molar-refractivity contribution < 1.29 is 13.2 Å². The normalized spacial score (nSPS) is 11.6. The predicted molar refractivity (Wildman–Crippen MR) is 74.8 cm³/mol. The van der Waals surface area contributed by atoms with E-state index < -0.39 is 10.0 Å². The topological polar surface area (TPSA) is 87.2 Å². The fourth-order valence-electron chi connectivity index (χ4n) is 1.87. The van der Waals surface area contributed by atoms with Gasteiger partial charge in [-0.1, -0.05) is 0 Å². The number of hydrogen-bond acceptors (Lipinski definition) is 4. The third-order valence-corrected chi connectivity index (χ3v) is 3.90. The maximum atomic E-state index is 11.2. The van der Waals surface area contributed by atoms with Crippen LogP contribution in [0, 0.1) is 6.92 Å². The van der Waals surface area contributed by atoms with Gasteiger partial charge in [-0.15, -0.1) is 0 Å². The Bertz CT molecular complexity index is 707. The second kappa shape index (κ2) is 5.64. The van der Waals surface area contributed by atoms with Crippen molar-refractivity contribution in [1.29, 1.82) is 0 Å². The molecule has 2 rings (SSSR count). The molecule has 20 heavy (non-hydrogen) atoms. The van der Waals surface area contributed by atoms with E-state index in [-0.39, 0.29) is 4.90 Å². The third-order valence-electron chi connectivity index (χ3n) is 2.99. The van der Waals surface area contributed by atoms with E-state index >= 15 is 0 Å². The molecular formula is C13H17N3O3S. The number of nitrogens with zero attached hydrogens (tertiary/aromatic N) is 2. The van der Waals surface area contributed by atoms with Crippen LogP contribution in [0.25, 0.3) is 0 Å². The summed E-state index contributed by atoms with van der Waals surface area (Å²) in [6.07, 6.45) is 3.49. The zero-order chi connectivity index (χ0) is 14.8. The van der Waals surface area contributed by atoms with Gasteiger partial charge >= 0.3 is 0 Å². The lowest BCUT2D eigenvalue weighted by Crippen LogP contribution is -2.12. The minimum atomic E-state index is -3.68. The average Bonchev–Trinajstić information content (AvgIpc) is 2.83. The van der Waals surface area contributed by atoms with Gasteiger partial charge in [0.25, 0.3) is 0 Å². The first-order valence-corrected chi connectivity index (χ1v) is 7.71. The summed E-state index contributed by atoms with van der Waals surface area (Å²) >= 11 is 0. The summed E-state index contributed by atoms with van der Waals surface area (Å²) in [5.41, 5.74) is 1.68. The second-order valence-corrected chi connectivity index (χ2v) is 5.99. The van der Waals surface area contributed by atoms with Crippen molar-refractivity contribution in [1.82, 2.24) is 9.55 Å². The average molecular weight is 295 g/mol. The lowest BCUT2D eigenvalue weighted by molar-refractivity contribution is 0.293. The van der Waals surface area contributed by atoms with Gasteiger partial charge in [0, 0.05) is 6.54 Å². The highest BCUT2D eigenvalue weighted by atomic mass is 32.2. The maximum Gasteiger partial charge on any atom is 0.238 e. The number of hydrogen-bond donors (Lipinski definition) is 1. The van der Waals surface area contributed by atoms with E-state index in [4.69, 9.17) is 9.88 Å². The summed E-state index contributed by atoms with van der Waals surface area (Å²) in [5, 5.41) is 5.08. The third kappa shape index (κ3) is 3.17. The number of rotatable bonds is 5. The largest absolute Gasteiger partial charge is 0.487 e. The maximum absolute atomic E-state index is 11.2. The van der Waals surface area contributed by atoms with Crippen molar-refractivity contribution in [2.45, 2.75) is 31.9 Å². The van der Waals surface area contributed by atoms with Crippen LogP contribution >= 0.6 is 0 Å². The van der Waals surface area contributed by atoms with E-state index in [0.29, 0.717) is 12.4 Å². The Morgan fingerprint density at radius 3 is 2.75 bits per heavy atom. The molecule has 1 heterocycles. The second-order valence-electron chi connectivity index (χ2n) is 4.43. The molecule has 2 N–H and O–H groups in total. The standard InChI is InChI=1S/C13H17N3O3S/c1-3-16-9-15-7-11(16)8-19-13-5-4-12(6-10(13)2)20(14,17)18/h4-7,9H,3,8H2,1-2H3,(H2,14,17,18). The molecule has 0 amide bonds. The Balaban J connectivity index is 2.15. The van der Waals surface area contributed by atoms with Crippen LogP contribution in [0.1, 0.15) is 18.2 Å². The molecule has 0 unspecified atom stereocenters. The smallest absolute Gasteiger partial charge is 0.238 e. The van der Waals surface area contributed by atoms with Crippen LogP contribution < -0.4 is 9.88 Å². The Labute approximate surface area is 118 Å². The van der Waals surface area contributed by atoms with Crippen molar-refractivity contribution >= 4 is 10.0 Å². The first kappa shape index (κ1) is 14.5. The van der Waals surface area contributed by atoms with Crippen molar-refractivity contribution in [3.8, 4) is 5.75 Å². The van der Waals surface area contributed by atoms with Crippen LogP contribution in [0.15, 0.2) is 35.6 Å². The van der Waals surface area contributed by atoms with Crippen molar-refractivity contribution in [2.75, 3.05) is 0 Å². The van der Waals surface area contributed by atoms with Gasteiger partial charge in [0.2, 0.25) is 10.0 Å². The van der Waals surface area contributed by atoms with Gasteiger partial charge in [-0.25, -0.2) is 18.5 Å². The number of aryl methyl sites for hydroxylation is 2. The van der Waals surface area contributed by atoms with Crippen LogP contribution in [0.4, 0.5) is 0 Å². The van der Waals surface area contributed by atoms with E-state index in [2.05, 4.69) is 4.98 Å². The van der Waals surface area contributed by atoms with Crippen LogP contribution in [-0.2, 0) is 23.2 Å². The molecule has 1 aromatic carbocycles. The van der Waals surface area contributed by atoms with Crippen molar-refractivity contribution in [2.24, 2.45) is 5.14 Å². The van der Waals surface area contributed by atoms with Gasteiger partial charge < -0.3 is 9.30 Å². The zero-order valence-electron chi connectivity index (χ0n) is 11.4. The number of benzene rings is 1. The minimum Gasteiger partial charge on any atom is -0.487 e. The minimum absolute atomic E-state index is 0.0842. The summed E-state index contributed by atoms with van der Waals surface area (Å²) in [4.78, 5) is 4.15.